The SMILES string of the molecule is COc1ccc(OC)c(CCBr)c1C=O. The normalized spacial score (nSPS) is 9.80. The highest BCUT2D eigenvalue weighted by atomic mass is 79.9. The highest BCUT2D eigenvalue weighted by molar-refractivity contribution is 9.09. The molecule has 0 saturated carbocycles. The molecular formula is C11H13BrO3. The van der Waals surface area contributed by atoms with Crippen LogP contribution < -0.4 is 9.47 Å². The van der Waals surface area contributed by atoms with Crippen molar-refractivity contribution in [1.82, 2.24) is 0 Å². The predicted octanol–water partition coefficient (Wildman–Crippen LogP) is 2.45. The summed E-state index contributed by atoms with van der Waals surface area (Å²) in [6, 6.07) is 3.55. The second-order valence-electron chi connectivity index (χ2n) is 2.92. The van der Waals surface area contributed by atoms with Crippen LogP contribution in [0.1, 0.15) is 15.9 Å². The summed E-state index contributed by atoms with van der Waals surface area (Å²) in [4.78, 5) is 11.0. The molecule has 0 bridgehead atoms. The summed E-state index contributed by atoms with van der Waals surface area (Å²) >= 11 is 3.35. The van der Waals surface area contributed by atoms with E-state index in [9.17, 15) is 4.79 Å². The quantitative estimate of drug-likeness (QED) is 0.610. The zero-order valence-corrected chi connectivity index (χ0v) is 10.3. The Morgan fingerprint density at radius 2 is 1.87 bits per heavy atom. The lowest BCUT2D eigenvalue weighted by molar-refractivity contribution is 0.111. The minimum absolute atomic E-state index is 0.566. The largest absolute Gasteiger partial charge is 0.496 e. The fourth-order valence-electron chi connectivity index (χ4n) is 1.47. The molecule has 1 aromatic carbocycles. The summed E-state index contributed by atoms with van der Waals surface area (Å²) in [5.74, 6) is 1.30. The minimum Gasteiger partial charge on any atom is -0.496 e. The van der Waals surface area contributed by atoms with Crippen LogP contribution in [0.3, 0.4) is 0 Å². The average molecular weight is 273 g/mol. The van der Waals surface area contributed by atoms with Gasteiger partial charge in [-0.05, 0) is 18.6 Å². The van der Waals surface area contributed by atoms with Gasteiger partial charge in [0.05, 0.1) is 19.8 Å². The zero-order chi connectivity index (χ0) is 11.3. The molecule has 0 aliphatic carbocycles. The molecule has 15 heavy (non-hydrogen) atoms. The summed E-state index contributed by atoms with van der Waals surface area (Å²) in [6.45, 7) is 0. The number of ether oxygens (including phenoxy) is 2. The Bertz CT molecular complexity index is 350. The Labute approximate surface area is 97.5 Å². The molecule has 0 aliphatic rings. The van der Waals surface area contributed by atoms with E-state index in [0.29, 0.717) is 11.3 Å². The lowest BCUT2D eigenvalue weighted by Gasteiger charge is -2.12. The van der Waals surface area contributed by atoms with Gasteiger partial charge in [0.15, 0.2) is 6.29 Å². The maximum Gasteiger partial charge on any atom is 0.154 e. The minimum atomic E-state index is 0.566. The summed E-state index contributed by atoms with van der Waals surface area (Å²) < 4.78 is 10.3. The van der Waals surface area contributed by atoms with E-state index >= 15 is 0 Å². The van der Waals surface area contributed by atoms with Gasteiger partial charge in [0.2, 0.25) is 0 Å². The fraction of sp³-hybridized carbons (Fsp3) is 0.364. The molecule has 3 nitrogen and oxygen atoms in total. The molecule has 0 atom stereocenters. The second kappa shape index (κ2) is 5.75. The molecule has 1 rings (SSSR count). The van der Waals surface area contributed by atoms with E-state index in [-0.39, 0.29) is 0 Å². The summed E-state index contributed by atoms with van der Waals surface area (Å²) in [7, 11) is 3.14. The number of benzene rings is 1. The predicted molar refractivity (Wildman–Crippen MR) is 62.4 cm³/mol. The molecule has 0 spiro atoms. The zero-order valence-electron chi connectivity index (χ0n) is 8.75. The van der Waals surface area contributed by atoms with Crippen molar-refractivity contribution in [2.45, 2.75) is 6.42 Å². The summed E-state index contributed by atoms with van der Waals surface area (Å²) in [5.41, 5.74) is 1.44. The van der Waals surface area contributed by atoms with E-state index in [1.807, 2.05) is 6.07 Å². The van der Waals surface area contributed by atoms with E-state index < -0.39 is 0 Å². The molecule has 4 heteroatoms. The van der Waals surface area contributed by atoms with Crippen molar-refractivity contribution >= 4 is 22.2 Å². The van der Waals surface area contributed by atoms with Crippen molar-refractivity contribution in [1.29, 1.82) is 0 Å². The van der Waals surface area contributed by atoms with Crippen molar-refractivity contribution in [3.05, 3.63) is 23.3 Å². The van der Waals surface area contributed by atoms with Gasteiger partial charge in [-0.2, -0.15) is 0 Å². The van der Waals surface area contributed by atoms with Crippen molar-refractivity contribution in [3.63, 3.8) is 0 Å². The van der Waals surface area contributed by atoms with Gasteiger partial charge in [-0.15, -0.1) is 0 Å². The van der Waals surface area contributed by atoms with E-state index in [4.69, 9.17) is 9.47 Å². The third kappa shape index (κ3) is 2.50. The number of carbonyl (C=O) groups excluding carboxylic acids is 1. The first-order valence-corrected chi connectivity index (χ1v) is 5.65. The molecule has 0 N–H and O–H groups in total. The van der Waals surface area contributed by atoms with Crippen LogP contribution in [0, 0.1) is 0 Å². The maximum atomic E-state index is 11.0. The average Bonchev–Trinajstić information content (AvgIpc) is 2.28. The Morgan fingerprint density at radius 3 is 2.33 bits per heavy atom. The van der Waals surface area contributed by atoms with Crippen LogP contribution in [0.25, 0.3) is 0 Å². The van der Waals surface area contributed by atoms with E-state index in [2.05, 4.69) is 15.9 Å². The topological polar surface area (TPSA) is 35.5 Å². The van der Waals surface area contributed by atoms with Crippen LogP contribution in [-0.2, 0) is 6.42 Å². The van der Waals surface area contributed by atoms with Gasteiger partial charge in [0, 0.05) is 10.9 Å². The first kappa shape index (κ1) is 12.0. The van der Waals surface area contributed by atoms with Gasteiger partial charge in [-0.3, -0.25) is 4.79 Å². The standard InChI is InChI=1S/C11H13BrO3/c1-14-10-3-4-11(15-2)9(7-13)8(10)5-6-12/h3-4,7H,5-6H2,1-2H3. The second-order valence-corrected chi connectivity index (χ2v) is 3.71. The summed E-state index contributed by atoms with van der Waals surface area (Å²) in [5, 5.41) is 0.775. The maximum absolute atomic E-state index is 11.0. The summed E-state index contributed by atoms with van der Waals surface area (Å²) in [6.07, 6.45) is 1.54. The highest BCUT2D eigenvalue weighted by Gasteiger charge is 2.13. The first-order valence-electron chi connectivity index (χ1n) is 4.53. The molecule has 0 radical (unpaired) electrons. The van der Waals surface area contributed by atoms with E-state index in [0.717, 1.165) is 29.4 Å². The number of hydrogen-bond acceptors (Lipinski definition) is 3. The molecule has 0 fully saturated rings. The number of carbonyl (C=O) groups is 1. The Morgan fingerprint density at radius 1 is 1.27 bits per heavy atom. The number of hydrogen-bond donors (Lipinski definition) is 0. The van der Waals surface area contributed by atoms with Crippen molar-refractivity contribution in [2.24, 2.45) is 0 Å². The fourth-order valence-corrected chi connectivity index (χ4v) is 1.87. The third-order valence-corrected chi connectivity index (χ3v) is 2.57. The lowest BCUT2D eigenvalue weighted by atomic mass is 10.0. The monoisotopic (exact) mass is 272 g/mol. The van der Waals surface area contributed by atoms with Crippen LogP contribution >= 0.6 is 15.9 Å². The van der Waals surface area contributed by atoms with Crippen molar-refractivity contribution in [3.8, 4) is 11.5 Å². The molecule has 82 valence electrons. The Balaban J connectivity index is 3.30. The van der Waals surface area contributed by atoms with Gasteiger partial charge in [0.1, 0.15) is 11.5 Å². The number of halogens is 1. The Hall–Kier alpha value is -1.03. The van der Waals surface area contributed by atoms with Gasteiger partial charge in [-0.25, -0.2) is 0 Å². The molecule has 0 amide bonds. The van der Waals surface area contributed by atoms with Crippen LogP contribution in [0.2, 0.25) is 0 Å². The van der Waals surface area contributed by atoms with Gasteiger partial charge >= 0.3 is 0 Å². The molecular weight excluding hydrogens is 260 g/mol. The molecule has 1 aromatic rings. The van der Waals surface area contributed by atoms with Gasteiger partial charge in [0.25, 0.3) is 0 Å². The molecule has 0 aromatic heterocycles. The van der Waals surface area contributed by atoms with Crippen molar-refractivity contribution < 1.29 is 14.3 Å². The van der Waals surface area contributed by atoms with E-state index in [1.54, 1.807) is 20.3 Å². The number of methoxy groups -OCH3 is 2. The molecule has 0 unspecified atom stereocenters. The van der Waals surface area contributed by atoms with Gasteiger partial charge < -0.3 is 9.47 Å². The third-order valence-electron chi connectivity index (χ3n) is 2.18. The van der Waals surface area contributed by atoms with Crippen LogP contribution in [0.4, 0.5) is 0 Å². The van der Waals surface area contributed by atoms with Gasteiger partial charge in [-0.1, -0.05) is 15.9 Å². The van der Waals surface area contributed by atoms with Crippen LogP contribution in [0.5, 0.6) is 11.5 Å². The first-order chi connectivity index (χ1) is 7.28. The molecule has 0 aliphatic heterocycles. The van der Waals surface area contributed by atoms with Crippen molar-refractivity contribution in [2.75, 3.05) is 19.5 Å². The molecule has 0 heterocycles. The number of alkyl halides is 1. The Kier molecular flexibility index (Phi) is 4.62. The van der Waals surface area contributed by atoms with E-state index in [1.165, 1.54) is 0 Å². The number of aldehydes is 1. The van der Waals surface area contributed by atoms with Crippen LogP contribution in [0.15, 0.2) is 12.1 Å². The van der Waals surface area contributed by atoms with Crippen LogP contribution in [-0.4, -0.2) is 25.8 Å². The highest BCUT2D eigenvalue weighted by Crippen LogP contribution is 2.29. The lowest BCUT2D eigenvalue weighted by Crippen LogP contribution is -2.01. The smallest absolute Gasteiger partial charge is 0.154 e. The number of rotatable bonds is 5. The molecule has 0 saturated heterocycles.